The zero-order valence-corrected chi connectivity index (χ0v) is 8.69. The van der Waals surface area contributed by atoms with Crippen LogP contribution in [-0.4, -0.2) is 12.1 Å². The van der Waals surface area contributed by atoms with Gasteiger partial charge in [-0.3, -0.25) is 0 Å². The molecule has 1 unspecified atom stereocenters. The number of piperidine rings is 1. The molecule has 1 heterocycles. The molecule has 1 nitrogen and oxygen atoms in total. The first-order chi connectivity index (χ1) is 6.11. The lowest BCUT2D eigenvalue weighted by Crippen LogP contribution is -2.48. The molecule has 1 N–H and O–H groups in total. The maximum atomic E-state index is 4.05. The summed E-state index contributed by atoms with van der Waals surface area (Å²) in [7, 11) is 0. The fraction of sp³-hybridized carbons (Fsp3) is 0.500. The van der Waals surface area contributed by atoms with Crippen molar-refractivity contribution in [3.63, 3.8) is 0 Å². The van der Waals surface area contributed by atoms with Gasteiger partial charge in [0.1, 0.15) is 0 Å². The fourth-order valence-electron chi connectivity index (χ4n) is 1.80. The molecule has 1 saturated heterocycles. The third-order valence-corrected chi connectivity index (χ3v) is 2.92. The quantitative estimate of drug-likeness (QED) is 0.639. The lowest BCUT2D eigenvalue weighted by Gasteiger charge is -2.38. The van der Waals surface area contributed by atoms with Crippen LogP contribution in [0, 0.1) is 0 Å². The molecular formula is C12H19N. The monoisotopic (exact) mass is 177 g/mol. The second kappa shape index (κ2) is 3.93. The summed E-state index contributed by atoms with van der Waals surface area (Å²) in [4.78, 5) is 0. The predicted octanol–water partition coefficient (Wildman–Crippen LogP) is 2.82. The van der Waals surface area contributed by atoms with Crippen molar-refractivity contribution in [2.24, 2.45) is 0 Å². The molecule has 0 radical (unpaired) electrons. The van der Waals surface area contributed by atoms with E-state index in [1.54, 1.807) is 0 Å². The van der Waals surface area contributed by atoms with Crippen molar-refractivity contribution in [3.05, 3.63) is 36.5 Å². The van der Waals surface area contributed by atoms with Gasteiger partial charge in [-0.15, -0.1) is 0 Å². The van der Waals surface area contributed by atoms with Crippen LogP contribution in [0.5, 0.6) is 0 Å². The summed E-state index contributed by atoms with van der Waals surface area (Å²) in [6, 6.07) is 0. The van der Waals surface area contributed by atoms with Crippen LogP contribution in [0.2, 0.25) is 0 Å². The Morgan fingerprint density at radius 1 is 1.62 bits per heavy atom. The Labute approximate surface area is 81.2 Å². The van der Waals surface area contributed by atoms with Crippen LogP contribution in [0.1, 0.15) is 26.7 Å². The van der Waals surface area contributed by atoms with Crippen molar-refractivity contribution < 1.29 is 0 Å². The standard InChI is InChI=1S/C12H19N/c1-5-7-11-8-6-9-13-12(11,4)10(2)3/h5,7,13H,1-2,6,8-9H2,3-4H3/b11-7-. The smallest absolute Gasteiger partial charge is 0.0578 e. The number of hydrogen-bond donors (Lipinski definition) is 1. The van der Waals surface area contributed by atoms with Crippen LogP contribution < -0.4 is 5.32 Å². The molecule has 0 saturated carbocycles. The zero-order valence-electron chi connectivity index (χ0n) is 8.69. The molecule has 1 rings (SSSR count). The minimum atomic E-state index is -0.00750. The molecule has 1 fully saturated rings. The minimum absolute atomic E-state index is 0.00750. The second-order valence-electron chi connectivity index (χ2n) is 3.86. The van der Waals surface area contributed by atoms with E-state index in [2.05, 4.69) is 38.4 Å². The highest BCUT2D eigenvalue weighted by atomic mass is 15.0. The molecule has 0 spiro atoms. The highest BCUT2D eigenvalue weighted by molar-refractivity contribution is 5.35. The zero-order chi connectivity index (χ0) is 9.90. The van der Waals surface area contributed by atoms with Crippen LogP contribution >= 0.6 is 0 Å². The van der Waals surface area contributed by atoms with Gasteiger partial charge >= 0.3 is 0 Å². The van der Waals surface area contributed by atoms with Crippen molar-refractivity contribution in [1.82, 2.24) is 5.32 Å². The number of rotatable bonds is 2. The number of allylic oxidation sites excluding steroid dienone is 2. The van der Waals surface area contributed by atoms with E-state index in [-0.39, 0.29) is 5.54 Å². The predicted molar refractivity (Wildman–Crippen MR) is 58.7 cm³/mol. The number of nitrogens with one attached hydrogen (secondary N) is 1. The SMILES string of the molecule is C=C/C=C1/CCCNC1(C)C(=C)C. The summed E-state index contributed by atoms with van der Waals surface area (Å²) < 4.78 is 0. The Morgan fingerprint density at radius 3 is 2.85 bits per heavy atom. The van der Waals surface area contributed by atoms with Crippen molar-refractivity contribution in [2.45, 2.75) is 32.2 Å². The first-order valence-corrected chi connectivity index (χ1v) is 4.84. The third-order valence-electron chi connectivity index (χ3n) is 2.92. The molecule has 0 aromatic carbocycles. The largest absolute Gasteiger partial charge is 0.304 e. The van der Waals surface area contributed by atoms with Crippen molar-refractivity contribution >= 4 is 0 Å². The summed E-state index contributed by atoms with van der Waals surface area (Å²) in [5.41, 5.74) is 2.58. The average molecular weight is 177 g/mol. The first-order valence-electron chi connectivity index (χ1n) is 4.84. The molecule has 1 aliphatic heterocycles. The summed E-state index contributed by atoms with van der Waals surface area (Å²) in [6.07, 6.45) is 6.34. The average Bonchev–Trinajstić information content (AvgIpc) is 2.09. The van der Waals surface area contributed by atoms with Crippen molar-refractivity contribution in [3.8, 4) is 0 Å². The molecule has 0 aromatic rings. The maximum absolute atomic E-state index is 4.05. The van der Waals surface area contributed by atoms with Gasteiger partial charge in [-0.25, -0.2) is 0 Å². The van der Waals surface area contributed by atoms with E-state index in [1.807, 2.05) is 6.08 Å². The lowest BCUT2D eigenvalue weighted by molar-refractivity contribution is 0.412. The van der Waals surface area contributed by atoms with Crippen LogP contribution in [-0.2, 0) is 0 Å². The molecule has 72 valence electrons. The van der Waals surface area contributed by atoms with Crippen molar-refractivity contribution in [2.75, 3.05) is 6.54 Å². The Kier molecular flexibility index (Phi) is 3.10. The minimum Gasteiger partial charge on any atom is -0.304 e. The molecule has 0 aliphatic carbocycles. The number of hydrogen-bond acceptors (Lipinski definition) is 1. The summed E-state index contributed by atoms with van der Waals surface area (Å²) in [5.74, 6) is 0. The summed E-state index contributed by atoms with van der Waals surface area (Å²) >= 11 is 0. The normalized spacial score (nSPS) is 31.7. The topological polar surface area (TPSA) is 12.0 Å². The van der Waals surface area contributed by atoms with E-state index in [0.717, 1.165) is 13.0 Å². The van der Waals surface area contributed by atoms with E-state index in [9.17, 15) is 0 Å². The van der Waals surface area contributed by atoms with Gasteiger partial charge < -0.3 is 5.32 Å². The molecule has 0 amide bonds. The van der Waals surface area contributed by atoms with Crippen LogP contribution in [0.15, 0.2) is 36.5 Å². The Bertz CT molecular complexity index is 250. The van der Waals surface area contributed by atoms with Gasteiger partial charge in [0, 0.05) is 0 Å². The van der Waals surface area contributed by atoms with Crippen molar-refractivity contribution in [1.29, 1.82) is 0 Å². The van der Waals surface area contributed by atoms with Crippen LogP contribution in [0.3, 0.4) is 0 Å². The highest BCUT2D eigenvalue weighted by Crippen LogP contribution is 2.30. The molecule has 1 atom stereocenters. The van der Waals surface area contributed by atoms with Gasteiger partial charge in [-0.05, 0) is 38.8 Å². The second-order valence-corrected chi connectivity index (χ2v) is 3.86. The molecule has 13 heavy (non-hydrogen) atoms. The molecule has 0 aromatic heterocycles. The fourth-order valence-corrected chi connectivity index (χ4v) is 1.80. The van der Waals surface area contributed by atoms with Gasteiger partial charge in [-0.1, -0.05) is 30.9 Å². The van der Waals surface area contributed by atoms with E-state index in [4.69, 9.17) is 0 Å². The van der Waals surface area contributed by atoms with Gasteiger partial charge in [-0.2, -0.15) is 0 Å². The highest BCUT2D eigenvalue weighted by Gasteiger charge is 2.31. The van der Waals surface area contributed by atoms with Gasteiger partial charge in [0.05, 0.1) is 5.54 Å². The molecule has 1 heteroatoms. The van der Waals surface area contributed by atoms with Crippen LogP contribution in [0.4, 0.5) is 0 Å². The first kappa shape index (κ1) is 10.3. The van der Waals surface area contributed by atoms with E-state index < -0.39 is 0 Å². The van der Waals surface area contributed by atoms with E-state index in [0.29, 0.717) is 0 Å². The van der Waals surface area contributed by atoms with Gasteiger partial charge in [0.15, 0.2) is 0 Å². The lowest BCUT2D eigenvalue weighted by atomic mass is 9.80. The summed E-state index contributed by atoms with van der Waals surface area (Å²) in [5, 5.41) is 3.51. The van der Waals surface area contributed by atoms with Gasteiger partial charge in [0.25, 0.3) is 0 Å². The molecular weight excluding hydrogens is 158 g/mol. The Morgan fingerprint density at radius 2 is 2.31 bits per heavy atom. The summed E-state index contributed by atoms with van der Waals surface area (Å²) in [6.45, 7) is 13.1. The van der Waals surface area contributed by atoms with E-state index >= 15 is 0 Å². The van der Waals surface area contributed by atoms with E-state index in [1.165, 1.54) is 17.6 Å². The van der Waals surface area contributed by atoms with Gasteiger partial charge in [0.2, 0.25) is 0 Å². The third kappa shape index (κ3) is 1.92. The van der Waals surface area contributed by atoms with Crippen LogP contribution in [0.25, 0.3) is 0 Å². The Hall–Kier alpha value is -0.820. The Balaban J connectivity index is 2.96. The molecule has 0 bridgehead atoms. The maximum Gasteiger partial charge on any atom is 0.0578 e. The molecule has 1 aliphatic rings.